The van der Waals surface area contributed by atoms with E-state index in [2.05, 4.69) is 4.90 Å². The van der Waals surface area contributed by atoms with Crippen molar-refractivity contribution in [2.75, 3.05) is 20.6 Å². The zero-order valence-electron chi connectivity index (χ0n) is 18.4. The van der Waals surface area contributed by atoms with Crippen molar-refractivity contribution in [2.45, 2.75) is 43.2 Å². The summed E-state index contributed by atoms with van der Waals surface area (Å²) in [6.07, 6.45) is 0.687. The van der Waals surface area contributed by atoms with Crippen molar-refractivity contribution >= 4 is 5.78 Å². The lowest BCUT2D eigenvalue weighted by Crippen LogP contribution is -2.65. The molecule has 1 aromatic carbocycles. The molecule has 2 bridgehead atoms. The van der Waals surface area contributed by atoms with Crippen molar-refractivity contribution in [1.82, 2.24) is 4.90 Å². The fourth-order valence-corrected chi connectivity index (χ4v) is 5.07. The SMILES string of the molecule is [2H]c1c([2H])c(OC([2H])([2H])[2H])c2c3c1C[C@H]1N(C)CC[C@@]34C(O2)C(=O)CC[C@@]14[2H]. The van der Waals surface area contributed by atoms with Crippen molar-refractivity contribution in [3.63, 3.8) is 0 Å². The standard InChI is InChI=1S/C18H21NO3/c1-19-8-7-18-11-4-5-13(20)17(18)22-16-14(21-2)6-3-10(15(16)18)9-12(11)19/h3,6,11-12,17H,4-5,7-9H2,1-2H3/t11-,12+,17?,18-/m0/s1/i2D3,3D,6D,11D. The highest BCUT2D eigenvalue weighted by atomic mass is 16.5. The molecule has 116 valence electrons. The smallest absolute Gasteiger partial charge is 0.174 e. The van der Waals surface area contributed by atoms with Crippen molar-refractivity contribution in [2.24, 2.45) is 5.89 Å². The molecule has 4 nitrogen and oxygen atoms in total. The summed E-state index contributed by atoms with van der Waals surface area (Å²) in [5.74, 6) is -1.29. The van der Waals surface area contributed by atoms with E-state index in [-0.39, 0.29) is 41.8 Å². The van der Waals surface area contributed by atoms with Gasteiger partial charge < -0.3 is 14.4 Å². The van der Waals surface area contributed by atoms with Gasteiger partial charge in [-0.1, -0.05) is 6.04 Å². The van der Waals surface area contributed by atoms with E-state index in [1.165, 1.54) is 0 Å². The van der Waals surface area contributed by atoms with Gasteiger partial charge in [-0.3, -0.25) is 4.79 Å². The molecule has 0 N–H and O–H groups in total. The summed E-state index contributed by atoms with van der Waals surface area (Å²) in [6, 6.07) is -0.621. The van der Waals surface area contributed by atoms with Crippen LogP contribution in [0, 0.1) is 5.89 Å². The third kappa shape index (κ3) is 1.27. The Labute approximate surface area is 138 Å². The second-order valence-electron chi connectivity index (χ2n) is 6.78. The number of rotatable bonds is 1. The van der Waals surface area contributed by atoms with E-state index in [4.69, 9.17) is 16.3 Å². The maximum atomic E-state index is 12.8. The van der Waals surface area contributed by atoms with Crippen LogP contribution >= 0.6 is 0 Å². The van der Waals surface area contributed by atoms with Gasteiger partial charge in [-0.25, -0.2) is 0 Å². The first-order valence-electron chi connectivity index (χ1n) is 10.8. The molecule has 4 heteroatoms. The summed E-state index contributed by atoms with van der Waals surface area (Å²) in [5, 5.41) is 0. The monoisotopic (exact) mass is 305 g/mol. The van der Waals surface area contributed by atoms with Gasteiger partial charge in [-0.05, 0) is 50.4 Å². The lowest BCUT2D eigenvalue weighted by atomic mass is 9.52. The average Bonchev–Trinajstić information content (AvgIpc) is 2.95. The molecule has 2 aliphatic heterocycles. The van der Waals surface area contributed by atoms with Crippen LogP contribution in [0.3, 0.4) is 0 Å². The van der Waals surface area contributed by atoms with Gasteiger partial charge in [-0.2, -0.15) is 0 Å². The Morgan fingerprint density at radius 3 is 3.36 bits per heavy atom. The molecule has 4 aliphatic rings. The largest absolute Gasteiger partial charge is 0.493 e. The number of carbonyl (C=O) groups excluding carboxylic acids is 1. The Balaban J connectivity index is 1.85. The predicted molar refractivity (Wildman–Crippen MR) is 81.6 cm³/mol. The molecule has 1 saturated heterocycles. The van der Waals surface area contributed by atoms with Crippen LogP contribution in [0.4, 0.5) is 0 Å². The fourth-order valence-electron chi connectivity index (χ4n) is 5.07. The Kier molecular flexibility index (Phi) is 1.53. The number of methoxy groups -OCH3 is 1. The van der Waals surface area contributed by atoms with Gasteiger partial charge >= 0.3 is 0 Å². The molecule has 22 heavy (non-hydrogen) atoms. The molecule has 1 spiro atoms. The van der Waals surface area contributed by atoms with Gasteiger partial charge in [0.15, 0.2) is 23.4 Å². The molecule has 1 aromatic rings. The van der Waals surface area contributed by atoms with Crippen LogP contribution in [-0.4, -0.2) is 43.5 Å². The molecule has 4 atom stereocenters. The van der Waals surface area contributed by atoms with Crippen molar-refractivity contribution in [3.05, 3.63) is 23.2 Å². The van der Waals surface area contributed by atoms with Crippen LogP contribution in [0.5, 0.6) is 11.5 Å². The van der Waals surface area contributed by atoms with E-state index in [1.54, 1.807) is 0 Å². The van der Waals surface area contributed by atoms with Gasteiger partial charge in [-0.15, -0.1) is 0 Å². The van der Waals surface area contributed by atoms with Gasteiger partial charge in [0.05, 0.1) is 13.9 Å². The van der Waals surface area contributed by atoms with E-state index in [1.807, 2.05) is 7.05 Å². The van der Waals surface area contributed by atoms with Crippen LogP contribution in [-0.2, 0) is 16.6 Å². The van der Waals surface area contributed by atoms with Gasteiger partial charge in [0, 0.05) is 24.8 Å². The normalized spacial score (nSPS) is 46.3. The molecule has 0 radical (unpaired) electrons. The number of ether oxygens (including phenoxy) is 2. The third-order valence-electron chi connectivity index (χ3n) is 5.99. The summed E-state index contributed by atoms with van der Waals surface area (Å²) >= 11 is 0. The molecule has 2 aliphatic carbocycles. The van der Waals surface area contributed by atoms with Crippen molar-refractivity contribution in [3.8, 4) is 11.5 Å². The zero-order chi connectivity index (χ0) is 20.2. The minimum absolute atomic E-state index is 0.0898. The maximum absolute atomic E-state index is 12.8. The van der Waals surface area contributed by atoms with Gasteiger partial charge in [0.1, 0.15) is 0 Å². The Morgan fingerprint density at radius 2 is 2.50 bits per heavy atom. The first-order chi connectivity index (χ1) is 13.0. The highest BCUT2D eigenvalue weighted by Crippen LogP contribution is 2.62. The molecule has 5 rings (SSSR count). The lowest BCUT2D eigenvalue weighted by molar-refractivity contribution is -0.138. The lowest BCUT2D eigenvalue weighted by Gasteiger charge is -2.57. The van der Waals surface area contributed by atoms with Crippen LogP contribution in [0.25, 0.3) is 0 Å². The van der Waals surface area contributed by atoms with Crippen LogP contribution in [0.2, 0.25) is 0 Å². The molecule has 2 fully saturated rings. The topological polar surface area (TPSA) is 38.8 Å². The number of likely N-dealkylation sites (N-methyl/N-ethyl adjacent to an activating group) is 1. The number of Topliss-reactive ketones (excluding diaryl/α,β-unsaturated/α-hetero) is 1. The van der Waals surface area contributed by atoms with E-state index < -0.39 is 24.5 Å². The number of carbonyl (C=O) groups is 1. The van der Waals surface area contributed by atoms with Crippen molar-refractivity contribution < 1.29 is 22.5 Å². The molecule has 1 unspecified atom stereocenters. The first-order valence-corrected chi connectivity index (χ1v) is 7.76. The predicted octanol–water partition coefficient (Wildman–Crippen LogP) is 1.93. The van der Waals surface area contributed by atoms with E-state index in [0.29, 0.717) is 36.9 Å². The highest BCUT2D eigenvalue weighted by Gasteiger charge is 2.65. The zero-order valence-corrected chi connectivity index (χ0v) is 12.4. The molecule has 2 heterocycles. The number of likely N-dealkylation sites (tertiary alicyclic amines) is 1. The first kappa shape index (κ1) is 8.34. The number of benzene rings is 1. The Morgan fingerprint density at radius 1 is 1.59 bits per heavy atom. The molecular formula is C18H21NO3. The minimum Gasteiger partial charge on any atom is -0.493 e. The Hall–Kier alpha value is -1.55. The van der Waals surface area contributed by atoms with Crippen molar-refractivity contribution in [1.29, 1.82) is 0 Å². The molecular weight excluding hydrogens is 278 g/mol. The Bertz CT molecular complexity index is 918. The molecule has 0 amide bonds. The average molecular weight is 305 g/mol. The summed E-state index contributed by atoms with van der Waals surface area (Å²) in [5.41, 5.74) is 0.248. The quantitative estimate of drug-likeness (QED) is 0.795. The maximum Gasteiger partial charge on any atom is 0.174 e. The summed E-state index contributed by atoms with van der Waals surface area (Å²) in [6.45, 7) is 0.683. The van der Waals surface area contributed by atoms with Gasteiger partial charge in [0.2, 0.25) is 0 Å². The number of hydrogen-bond acceptors (Lipinski definition) is 4. The second-order valence-corrected chi connectivity index (χ2v) is 6.78. The summed E-state index contributed by atoms with van der Waals surface area (Å²) < 4.78 is 59.8. The van der Waals surface area contributed by atoms with Crippen LogP contribution in [0.1, 0.15) is 38.6 Å². The van der Waals surface area contributed by atoms with E-state index >= 15 is 0 Å². The summed E-state index contributed by atoms with van der Waals surface area (Å²) in [4.78, 5) is 15.0. The van der Waals surface area contributed by atoms with Crippen LogP contribution < -0.4 is 9.47 Å². The number of ketones is 1. The number of hydrogen-bond donors (Lipinski definition) is 0. The fraction of sp³-hybridized carbons (Fsp3) is 0.611. The third-order valence-corrected chi connectivity index (χ3v) is 5.99. The minimum atomic E-state index is -2.81. The highest BCUT2D eigenvalue weighted by molar-refractivity contribution is 5.89. The van der Waals surface area contributed by atoms with E-state index in [9.17, 15) is 6.17 Å². The van der Waals surface area contributed by atoms with Crippen LogP contribution in [0.15, 0.2) is 12.1 Å². The summed E-state index contributed by atoms with van der Waals surface area (Å²) in [7, 11) is -0.855. The molecule has 0 aromatic heterocycles. The number of nitrogens with zero attached hydrogens (tertiary/aromatic N) is 1. The molecule has 1 saturated carbocycles. The second kappa shape index (κ2) is 4.05. The van der Waals surface area contributed by atoms with Gasteiger partial charge in [0.25, 0.3) is 0 Å². The number of piperidine rings is 1. The van der Waals surface area contributed by atoms with E-state index in [0.717, 1.165) is 0 Å².